The number of pyridine rings is 1. The number of hydrogen-bond donors (Lipinski definition) is 3. The Bertz CT molecular complexity index is 1050. The summed E-state index contributed by atoms with van der Waals surface area (Å²) < 4.78 is 11.5. The molecule has 7 heteroatoms. The molecule has 1 amide bonds. The van der Waals surface area contributed by atoms with Crippen LogP contribution in [0.2, 0.25) is 0 Å². The van der Waals surface area contributed by atoms with Crippen molar-refractivity contribution in [2.75, 3.05) is 19.0 Å². The molecule has 7 nitrogen and oxygen atoms in total. The number of ether oxygens (including phenoxy) is 2. The van der Waals surface area contributed by atoms with E-state index in [9.17, 15) is 4.79 Å². The Hall–Kier alpha value is -3.32. The average molecular weight is 409 g/mol. The van der Waals surface area contributed by atoms with E-state index in [0.717, 1.165) is 29.6 Å². The number of nitrogens with one attached hydrogen (secondary N) is 2. The van der Waals surface area contributed by atoms with Gasteiger partial charge in [0.05, 0.1) is 23.9 Å². The molecule has 0 aliphatic rings. The Kier molecular flexibility index (Phi) is 6.74. The highest BCUT2D eigenvalue weighted by molar-refractivity contribution is 6.08. The molecule has 1 heterocycles. The Morgan fingerprint density at radius 1 is 1.20 bits per heavy atom. The van der Waals surface area contributed by atoms with Crippen molar-refractivity contribution in [2.24, 2.45) is 5.73 Å². The number of fused-ring (bicyclic) bond motifs is 1. The smallest absolute Gasteiger partial charge is 0.252 e. The predicted molar refractivity (Wildman–Crippen MR) is 120 cm³/mol. The minimum Gasteiger partial charge on any atom is -0.493 e. The zero-order chi connectivity index (χ0) is 21.7. The molecule has 3 rings (SSSR count). The summed E-state index contributed by atoms with van der Waals surface area (Å²) in [7, 11) is 1.58. The van der Waals surface area contributed by atoms with Crippen LogP contribution < -0.4 is 25.8 Å². The van der Waals surface area contributed by atoms with E-state index in [-0.39, 0.29) is 6.23 Å². The van der Waals surface area contributed by atoms with Gasteiger partial charge in [0.15, 0.2) is 11.5 Å². The molecule has 1 aromatic heterocycles. The Labute approximate surface area is 176 Å². The van der Waals surface area contributed by atoms with Crippen LogP contribution in [0, 0.1) is 0 Å². The Morgan fingerprint density at radius 2 is 1.97 bits per heavy atom. The van der Waals surface area contributed by atoms with E-state index in [1.807, 2.05) is 44.2 Å². The maximum Gasteiger partial charge on any atom is 0.252 e. The third-order valence-electron chi connectivity index (χ3n) is 4.87. The molecule has 0 saturated carbocycles. The summed E-state index contributed by atoms with van der Waals surface area (Å²) >= 11 is 0. The maximum absolute atomic E-state index is 12.2. The minimum absolute atomic E-state index is 0.217. The van der Waals surface area contributed by atoms with E-state index in [0.29, 0.717) is 28.3 Å². The number of para-hydroxylation sites is 1. The van der Waals surface area contributed by atoms with Gasteiger partial charge in [-0.15, -0.1) is 0 Å². The SMILES string of the molecule is CCNC(C)Oc1cc2c(Nc3ccccc3CC)c(C(N)=O)cnc2cc1OC. The third kappa shape index (κ3) is 4.46. The molecule has 4 N–H and O–H groups in total. The number of aromatic nitrogens is 1. The Balaban J connectivity index is 2.19. The predicted octanol–water partition coefficient (Wildman–Crippen LogP) is 3.98. The third-order valence-corrected chi connectivity index (χ3v) is 4.87. The zero-order valence-electron chi connectivity index (χ0n) is 17.8. The summed E-state index contributed by atoms with van der Waals surface area (Å²) in [6, 6.07) is 11.6. The van der Waals surface area contributed by atoms with Gasteiger partial charge in [0.25, 0.3) is 5.91 Å². The molecule has 0 spiro atoms. The van der Waals surface area contributed by atoms with Crippen molar-refractivity contribution < 1.29 is 14.3 Å². The molecule has 0 fully saturated rings. The lowest BCUT2D eigenvalue weighted by Gasteiger charge is -2.20. The van der Waals surface area contributed by atoms with Crippen LogP contribution in [0.1, 0.15) is 36.7 Å². The zero-order valence-corrected chi connectivity index (χ0v) is 17.8. The first-order chi connectivity index (χ1) is 14.5. The first kappa shape index (κ1) is 21.4. The Morgan fingerprint density at radius 3 is 2.63 bits per heavy atom. The second-order valence-corrected chi connectivity index (χ2v) is 6.88. The monoisotopic (exact) mass is 408 g/mol. The summed E-state index contributed by atoms with van der Waals surface area (Å²) in [6.45, 7) is 6.78. The standard InChI is InChI=1S/C23H28N4O3/c1-5-15-9-7-8-10-18(15)27-22-16-11-21(30-14(3)25-6-2)20(29-4)12-19(16)26-13-17(22)23(24)28/h7-14,25H,5-6H2,1-4H3,(H2,24,28)(H,26,27). The number of nitrogens with zero attached hydrogens (tertiary/aromatic N) is 1. The summed E-state index contributed by atoms with van der Waals surface area (Å²) in [4.78, 5) is 16.6. The lowest BCUT2D eigenvalue weighted by atomic mass is 10.1. The molecule has 2 aromatic carbocycles. The first-order valence-corrected chi connectivity index (χ1v) is 10.0. The van der Waals surface area contributed by atoms with Crippen LogP contribution in [0.5, 0.6) is 11.5 Å². The summed E-state index contributed by atoms with van der Waals surface area (Å²) in [5.74, 6) is 0.556. The van der Waals surface area contributed by atoms with Crippen molar-refractivity contribution in [1.29, 1.82) is 0 Å². The number of anilines is 2. The lowest BCUT2D eigenvalue weighted by molar-refractivity contribution is 0.100. The van der Waals surface area contributed by atoms with Crippen molar-refractivity contribution in [3.05, 3.63) is 53.7 Å². The number of rotatable bonds is 9. The fourth-order valence-corrected chi connectivity index (χ4v) is 3.38. The van der Waals surface area contributed by atoms with E-state index in [4.69, 9.17) is 15.2 Å². The second-order valence-electron chi connectivity index (χ2n) is 6.88. The molecule has 0 saturated heterocycles. The molecule has 158 valence electrons. The van der Waals surface area contributed by atoms with Gasteiger partial charge < -0.3 is 20.5 Å². The van der Waals surface area contributed by atoms with Gasteiger partial charge in [-0.25, -0.2) is 0 Å². The van der Waals surface area contributed by atoms with Gasteiger partial charge in [0.1, 0.15) is 6.23 Å². The molecule has 1 atom stereocenters. The van der Waals surface area contributed by atoms with Gasteiger partial charge >= 0.3 is 0 Å². The number of carbonyl (C=O) groups excluding carboxylic acids is 1. The molecular formula is C23H28N4O3. The fraction of sp³-hybridized carbons (Fsp3) is 0.304. The van der Waals surface area contributed by atoms with Gasteiger partial charge in [-0.3, -0.25) is 15.1 Å². The van der Waals surface area contributed by atoms with Gasteiger partial charge in [-0.1, -0.05) is 32.0 Å². The molecule has 0 bridgehead atoms. The maximum atomic E-state index is 12.2. The number of nitrogens with two attached hydrogens (primary N) is 1. The molecule has 30 heavy (non-hydrogen) atoms. The molecule has 3 aromatic rings. The molecular weight excluding hydrogens is 380 g/mol. The van der Waals surface area contributed by atoms with Crippen molar-refractivity contribution in [3.8, 4) is 11.5 Å². The molecule has 0 radical (unpaired) electrons. The number of hydrogen-bond acceptors (Lipinski definition) is 6. The quantitative estimate of drug-likeness (QED) is 0.463. The van der Waals surface area contributed by atoms with Gasteiger partial charge in [-0.05, 0) is 37.6 Å². The van der Waals surface area contributed by atoms with Crippen LogP contribution in [-0.4, -0.2) is 30.8 Å². The van der Waals surface area contributed by atoms with E-state index in [1.54, 1.807) is 13.2 Å². The molecule has 0 aliphatic heterocycles. The van der Waals surface area contributed by atoms with Crippen molar-refractivity contribution >= 4 is 28.2 Å². The highest BCUT2D eigenvalue weighted by atomic mass is 16.5. The number of amides is 1. The number of primary amides is 1. The summed E-state index contributed by atoms with van der Waals surface area (Å²) in [5, 5.41) is 7.34. The fourth-order valence-electron chi connectivity index (χ4n) is 3.38. The second kappa shape index (κ2) is 9.45. The van der Waals surface area contributed by atoms with E-state index in [2.05, 4.69) is 22.5 Å². The summed E-state index contributed by atoms with van der Waals surface area (Å²) in [6.07, 6.45) is 2.12. The molecule has 1 unspecified atom stereocenters. The van der Waals surface area contributed by atoms with Crippen molar-refractivity contribution in [2.45, 2.75) is 33.4 Å². The van der Waals surface area contributed by atoms with Crippen molar-refractivity contribution in [1.82, 2.24) is 10.3 Å². The van der Waals surface area contributed by atoms with Gasteiger partial charge in [-0.2, -0.15) is 0 Å². The lowest BCUT2D eigenvalue weighted by Crippen LogP contribution is -2.31. The van der Waals surface area contributed by atoms with E-state index >= 15 is 0 Å². The van der Waals surface area contributed by atoms with Crippen LogP contribution in [-0.2, 0) is 6.42 Å². The number of carbonyl (C=O) groups is 1. The average Bonchev–Trinajstić information content (AvgIpc) is 2.74. The van der Waals surface area contributed by atoms with Crippen LogP contribution in [0.3, 0.4) is 0 Å². The van der Waals surface area contributed by atoms with Crippen LogP contribution in [0.4, 0.5) is 11.4 Å². The summed E-state index contributed by atoms with van der Waals surface area (Å²) in [5.41, 5.74) is 9.27. The highest BCUT2D eigenvalue weighted by Crippen LogP contribution is 2.38. The highest BCUT2D eigenvalue weighted by Gasteiger charge is 2.18. The number of benzene rings is 2. The van der Waals surface area contributed by atoms with E-state index < -0.39 is 5.91 Å². The largest absolute Gasteiger partial charge is 0.493 e. The van der Waals surface area contributed by atoms with Crippen LogP contribution in [0.15, 0.2) is 42.6 Å². The first-order valence-electron chi connectivity index (χ1n) is 10.0. The van der Waals surface area contributed by atoms with Crippen LogP contribution in [0.25, 0.3) is 10.9 Å². The van der Waals surface area contributed by atoms with Gasteiger partial charge in [0.2, 0.25) is 0 Å². The molecule has 0 aliphatic carbocycles. The van der Waals surface area contributed by atoms with E-state index in [1.165, 1.54) is 6.20 Å². The number of aryl methyl sites for hydroxylation is 1. The number of methoxy groups -OCH3 is 1. The minimum atomic E-state index is -0.555. The normalized spacial score (nSPS) is 11.9. The van der Waals surface area contributed by atoms with Crippen LogP contribution >= 0.6 is 0 Å². The van der Waals surface area contributed by atoms with Crippen molar-refractivity contribution in [3.63, 3.8) is 0 Å². The van der Waals surface area contributed by atoms with Gasteiger partial charge in [0, 0.05) is 23.3 Å². The topological polar surface area (TPSA) is 98.5 Å².